The molecule has 0 radical (unpaired) electrons. The number of nitrogens with one attached hydrogen (secondary N) is 1. The maximum atomic E-state index is 5.92. The van der Waals surface area contributed by atoms with E-state index in [1.54, 1.807) is 0 Å². The lowest BCUT2D eigenvalue weighted by Gasteiger charge is -2.06. The van der Waals surface area contributed by atoms with Gasteiger partial charge in [-0.05, 0) is 36.2 Å². The van der Waals surface area contributed by atoms with Gasteiger partial charge in [0.05, 0.1) is 0 Å². The van der Waals surface area contributed by atoms with E-state index in [4.69, 9.17) is 5.73 Å². The third-order valence-electron chi connectivity index (χ3n) is 3.41. The lowest BCUT2D eigenvalue weighted by atomic mass is 10.1. The van der Waals surface area contributed by atoms with Gasteiger partial charge in [0, 0.05) is 11.9 Å². The molecule has 0 amide bonds. The van der Waals surface area contributed by atoms with E-state index in [9.17, 15) is 0 Å². The molecule has 3 aromatic rings. The first kappa shape index (κ1) is 14.1. The van der Waals surface area contributed by atoms with Gasteiger partial charge in [0.25, 0.3) is 0 Å². The Kier molecular flexibility index (Phi) is 4.00. The molecule has 1 aromatic carbocycles. The molecule has 112 valence electrons. The van der Waals surface area contributed by atoms with Gasteiger partial charge in [-0.3, -0.25) is 4.40 Å². The number of guanidine groups is 1. The predicted octanol–water partition coefficient (Wildman–Crippen LogP) is 2.22. The molecule has 22 heavy (non-hydrogen) atoms. The summed E-state index contributed by atoms with van der Waals surface area (Å²) in [6.45, 7) is 2.50. The molecule has 0 atom stereocenters. The van der Waals surface area contributed by atoms with Gasteiger partial charge in [0.15, 0.2) is 17.4 Å². The van der Waals surface area contributed by atoms with Crippen LogP contribution in [0.4, 0.5) is 5.69 Å². The molecule has 0 spiro atoms. The zero-order valence-electron chi connectivity index (χ0n) is 12.4. The Morgan fingerprint density at radius 2 is 2.00 bits per heavy atom. The van der Waals surface area contributed by atoms with Crippen molar-refractivity contribution in [1.29, 1.82) is 0 Å². The van der Waals surface area contributed by atoms with Crippen molar-refractivity contribution in [2.75, 3.05) is 5.32 Å². The van der Waals surface area contributed by atoms with E-state index in [0.717, 1.165) is 23.6 Å². The van der Waals surface area contributed by atoms with E-state index >= 15 is 0 Å². The molecule has 6 heteroatoms. The van der Waals surface area contributed by atoms with E-state index < -0.39 is 0 Å². The van der Waals surface area contributed by atoms with Gasteiger partial charge >= 0.3 is 0 Å². The van der Waals surface area contributed by atoms with Crippen molar-refractivity contribution in [3.63, 3.8) is 0 Å². The number of benzene rings is 1. The van der Waals surface area contributed by atoms with Crippen molar-refractivity contribution < 1.29 is 0 Å². The van der Waals surface area contributed by atoms with Crippen LogP contribution < -0.4 is 11.1 Å². The molecule has 0 saturated heterocycles. The molecule has 0 bridgehead atoms. The molecule has 2 heterocycles. The maximum absolute atomic E-state index is 5.92. The molecule has 0 aliphatic rings. The minimum Gasteiger partial charge on any atom is -0.370 e. The minimum absolute atomic E-state index is 0.358. The highest BCUT2D eigenvalue weighted by Crippen LogP contribution is 2.10. The lowest BCUT2D eigenvalue weighted by molar-refractivity contribution is 0.881. The van der Waals surface area contributed by atoms with Crippen molar-refractivity contribution in [2.24, 2.45) is 10.7 Å². The summed E-state index contributed by atoms with van der Waals surface area (Å²) in [5.41, 5.74) is 8.93. The summed E-state index contributed by atoms with van der Waals surface area (Å²) in [6.07, 6.45) is 2.93. The smallest absolute Gasteiger partial charge is 0.193 e. The number of nitrogens with two attached hydrogens (primary N) is 1. The van der Waals surface area contributed by atoms with Crippen LogP contribution in [0.15, 0.2) is 53.7 Å². The molecule has 0 aliphatic carbocycles. The van der Waals surface area contributed by atoms with E-state index in [-0.39, 0.29) is 0 Å². The molecule has 3 N–H and O–H groups in total. The standard InChI is InChI=1S/C16H18N6/c1-2-12-6-8-13(9-7-12)19-16(17)18-11-15-21-20-14-5-3-4-10-22(14)15/h3-10H,2,11H2,1H3,(H3,17,18,19). The van der Waals surface area contributed by atoms with Gasteiger partial charge in [-0.2, -0.15) is 0 Å². The number of aromatic nitrogens is 3. The number of nitrogens with zero attached hydrogens (tertiary/aromatic N) is 4. The largest absolute Gasteiger partial charge is 0.370 e. The number of rotatable bonds is 4. The summed E-state index contributed by atoms with van der Waals surface area (Å²) < 4.78 is 1.90. The Bertz CT molecular complexity index is 788. The topological polar surface area (TPSA) is 80.6 Å². The van der Waals surface area contributed by atoms with Crippen LogP contribution in [0.2, 0.25) is 0 Å². The van der Waals surface area contributed by atoms with Crippen molar-refractivity contribution in [2.45, 2.75) is 19.9 Å². The zero-order valence-corrected chi connectivity index (χ0v) is 12.4. The summed E-state index contributed by atoms with van der Waals surface area (Å²) in [6, 6.07) is 13.9. The Hall–Kier alpha value is -2.89. The average Bonchev–Trinajstić information content (AvgIpc) is 2.97. The number of hydrogen-bond acceptors (Lipinski definition) is 3. The van der Waals surface area contributed by atoms with Gasteiger partial charge in [-0.15, -0.1) is 10.2 Å². The van der Waals surface area contributed by atoms with E-state index in [1.165, 1.54) is 5.56 Å². The van der Waals surface area contributed by atoms with Gasteiger partial charge in [-0.1, -0.05) is 25.1 Å². The summed E-state index contributed by atoms with van der Waals surface area (Å²) >= 11 is 0. The lowest BCUT2D eigenvalue weighted by Crippen LogP contribution is -2.22. The molecule has 3 rings (SSSR count). The summed E-state index contributed by atoms with van der Waals surface area (Å²) in [4.78, 5) is 4.31. The van der Waals surface area contributed by atoms with Crippen LogP contribution in [0.3, 0.4) is 0 Å². The quantitative estimate of drug-likeness (QED) is 0.571. The van der Waals surface area contributed by atoms with Crippen LogP contribution in [0.1, 0.15) is 18.3 Å². The van der Waals surface area contributed by atoms with Crippen LogP contribution in [0, 0.1) is 0 Å². The first-order chi connectivity index (χ1) is 10.8. The number of hydrogen-bond donors (Lipinski definition) is 2. The molecular formula is C16H18N6. The van der Waals surface area contributed by atoms with Crippen LogP contribution in [-0.2, 0) is 13.0 Å². The van der Waals surface area contributed by atoms with Gasteiger partial charge in [0.1, 0.15) is 6.54 Å². The number of fused-ring (bicyclic) bond motifs is 1. The monoisotopic (exact) mass is 294 g/mol. The fourth-order valence-electron chi connectivity index (χ4n) is 2.17. The van der Waals surface area contributed by atoms with Crippen molar-refractivity contribution in [3.8, 4) is 0 Å². The van der Waals surface area contributed by atoms with Gasteiger partial charge < -0.3 is 11.1 Å². The number of anilines is 1. The SMILES string of the molecule is CCc1ccc(NC(N)=NCc2nnc3ccccn23)cc1. The molecule has 0 unspecified atom stereocenters. The highest BCUT2D eigenvalue weighted by molar-refractivity contribution is 5.92. The maximum Gasteiger partial charge on any atom is 0.193 e. The average molecular weight is 294 g/mol. The van der Waals surface area contributed by atoms with Crippen LogP contribution >= 0.6 is 0 Å². The Labute approximate surface area is 128 Å². The van der Waals surface area contributed by atoms with Gasteiger partial charge in [-0.25, -0.2) is 4.99 Å². The van der Waals surface area contributed by atoms with E-state index in [2.05, 4.69) is 39.6 Å². The molecule has 2 aromatic heterocycles. The molecule has 0 saturated carbocycles. The normalized spacial score (nSPS) is 11.8. The minimum atomic E-state index is 0.358. The number of pyridine rings is 1. The fraction of sp³-hybridized carbons (Fsp3) is 0.188. The van der Waals surface area contributed by atoms with Crippen molar-refractivity contribution >= 4 is 17.3 Å². The Balaban J connectivity index is 1.69. The van der Waals surface area contributed by atoms with Crippen LogP contribution in [-0.4, -0.2) is 20.6 Å². The first-order valence-corrected chi connectivity index (χ1v) is 7.21. The highest BCUT2D eigenvalue weighted by atomic mass is 15.3. The summed E-state index contributed by atoms with van der Waals surface area (Å²) in [7, 11) is 0. The second-order valence-corrected chi connectivity index (χ2v) is 4.92. The fourth-order valence-corrected chi connectivity index (χ4v) is 2.17. The third kappa shape index (κ3) is 3.06. The molecule has 6 nitrogen and oxygen atoms in total. The predicted molar refractivity (Wildman–Crippen MR) is 87.8 cm³/mol. The number of aryl methyl sites for hydroxylation is 1. The van der Waals surface area contributed by atoms with Crippen molar-refractivity contribution in [1.82, 2.24) is 14.6 Å². The summed E-state index contributed by atoms with van der Waals surface area (Å²) in [5.74, 6) is 1.11. The molecular weight excluding hydrogens is 276 g/mol. The van der Waals surface area contributed by atoms with E-state index in [1.807, 2.05) is 40.9 Å². The third-order valence-corrected chi connectivity index (χ3v) is 3.41. The second kappa shape index (κ2) is 6.26. The number of aliphatic imine (C=N–C) groups is 1. The van der Waals surface area contributed by atoms with Gasteiger partial charge in [0.2, 0.25) is 0 Å². The zero-order chi connectivity index (χ0) is 15.4. The van der Waals surface area contributed by atoms with E-state index in [0.29, 0.717) is 12.5 Å². The van der Waals surface area contributed by atoms with Crippen LogP contribution in [0.25, 0.3) is 5.65 Å². The summed E-state index contributed by atoms with van der Waals surface area (Å²) in [5, 5.41) is 11.3. The Morgan fingerprint density at radius 1 is 1.18 bits per heavy atom. The molecule has 0 aliphatic heterocycles. The molecule has 0 fully saturated rings. The second-order valence-electron chi connectivity index (χ2n) is 4.92. The Morgan fingerprint density at radius 3 is 2.77 bits per heavy atom. The highest BCUT2D eigenvalue weighted by Gasteiger charge is 2.03. The van der Waals surface area contributed by atoms with Crippen molar-refractivity contribution in [3.05, 3.63) is 60.0 Å². The first-order valence-electron chi connectivity index (χ1n) is 7.21. The van der Waals surface area contributed by atoms with Crippen LogP contribution in [0.5, 0.6) is 0 Å².